The molecule has 3 rings (SSSR count). The third-order valence-electron chi connectivity index (χ3n) is 6.20. The first-order valence-corrected chi connectivity index (χ1v) is 12.1. The van der Waals surface area contributed by atoms with E-state index in [-0.39, 0.29) is 6.54 Å². The smallest absolute Gasteiger partial charge is 0.414 e. The highest BCUT2D eigenvalue weighted by atomic mass is 16.4. The van der Waals surface area contributed by atoms with Crippen LogP contribution in [0.3, 0.4) is 0 Å². The number of aromatic amines is 1. The number of aromatic nitrogens is 2. The summed E-state index contributed by atoms with van der Waals surface area (Å²) < 4.78 is 0. The number of amides is 2. The minimum absolute atomic E-state index is 0.0768. The first-order chi connectivity index (χ1) is 17.3. The van der Waals surface area contributed by atoms with Gasteiger partial charge in [-0.05, 0) is 86.6 Å². The van der Waals surface area contributed by atoms with Crippen molar-refractivity contribution in [1.82, 2.24) is 15.1 Å². The maximum Gasteiger partial charge on any atom is 0.414 e. The van der Waals surface area contributed by atoms with Crippen molar-refractivity contribution in [3.8, 4) is 6.07 Å². The lowest BCUT2D eigenvalue weighted by Gasteiger charge is -2.14. The molecule has 0 aliphatic carbocycles. The Hall–Kier alpha value is -4.19. The highest BCUT2D eigenvalue weighted by molar-refractivity contribution is 6.46. The van der Waals surface area contributed by atoms with Gasteiger partial charge in [-0.2, -0.15) is 15.5 Å². The molecule has 2 aromatic carbocycles. The number of hydrogen-bond donors (Lipinski definition) is 3. The third-order valence-corrected chi connectivity index (χ3v) is 6.20. The average molecular weight is 489 g/mol. The molecule has 1 heterocycles. The number of imide groups is 1. The van der Waals surface area contributed by atoms with E-state index in [1.54, 1.807) is 6.07 Å². The van der Waals surface area contributed by atoms with Gasteiger partial charge >= 0.3 is 6.09 Å². The Morgan fingerprint density at radius 2 is 1.89 bits per heavy atom. The van der Waals surface area contributed by atoms with Crippen molar-refractivity contribution in [1.29, 1.82) is 5.26 Å². The molecule has 9 nitrogen and oxygen atoms in total. The number of nitrogens with zero attached hydrogens (tertiary/aromatic N) is 4. The highest BCUT2D eigenvalue weighted by Crippen LogP contribution is 2.26. The molecule has 0 aliphatic rings. The van der Waals surface area contributed by atoms with Crippen LogP contribution in [0.15, 0.2) is 35.4 Å². The molecule has 0 bridgehead atoms. The summed E-state index contributed by atoms with van der Waals surface area (Å²) in [6, 6.07) is 11.8. The Labute approximate surface area is 210 Å². The number of carbonyl (C=O) groups excluding carboxylic acids is 1. The van der Waals surface area contributed by atoms with Gasteiger partial charge in [-0.3, -0.25) is 15.3 Å². The van der Waals surface area contributed by atoms with Crippen LogP contribution < -0.4 is 5.43 Å². The number of aryl methyl sites for hydroxylation is 3. The van der Waals surface area contributed by atoms with Gasteiger partial charge in [0.25, 0.3) is 5.91 Å². The minimum Gasteiger partial charge on any atom is -0.465 e. The molecule has 2 amide bonds. The summed E-state index contributed by atoms with van der Waals surface area (Å²) in [6.45, 7) is 7.64. The van der Waals surface area contributed by atoms with E-state index in [9.17, 15) is 14.9 Å². The van der Waals surface area contributed by atoms with Crippen molar-refractivity contribution in [2.75, 3.05) is 12.0 Å². The monoisotopic (exact) mass is 488 g/mol. The fourth-order valence-electron chi connectivity index (χ4n) is 4.24. The number of hydrogen-bond acceptors (Lipinski definition) is 6. The zero-order valence-corrected chi connectivity index (χ0v) is 21.2. The summed E-state index contributed by atoms with van der Waals surface area (Å²) in [5.41, 5.74) is 9.41. The third kappa shape index (κ3) is 6.08. The Kier molecular flexibility index (Phi) is 8.79. The molecular weight excluding hydrogens is 456 g/mol. The maximum atomic E-state index is 12.3. The molecule has 0 saturated heterocycles. The predicted octanol–water partition coefficient (Wildman–Crippen LogP) is 5.32. The number of fused-ring (bicyclic) bond motifs is 1. The van der Waals surface area contributed by atoms with E-state index in [0.717, 1.165) is 35.9 Å². The molecule has 0 radical (unpaired) electrons. The molecule has 0 saturated carbocycles. The quantitative estimate of drug-likeness (QED) is 0.201. The summed E-state index contributed by atoms with van der Waals surface area (Å²) >= 11 is 0. The predicted molar refractivity (Wildman–Crippen MR) is 140 cm³/mol. The summed E-state index contributed by atoms with van der Waals surface area (Å²) in [6.07, 6.45) is 3.83. The van der Waals surface area contributed by atoms with Crippen LogP contribution in [0.2, 0.25) is 0 Å². The Morgan fingerprint density at radius 1 is 1.17 bits per heavy atom. The number of rotatable bonds is 10. The fraction of sp³-hybridized carbons (Fsp3) is 0.370. The van der Waals surface area contributed by atoms with E-state index >= 15 is 0 Å². The molecule has 3 aromatic rings. The summed E-state index contributed by atoms with van der Waals surface area (Å²) in [5, 5.41) is 31.1. The molecule has 0 fully saturated rings. The Bertz CT molecular complexity index is 1310. The number of nitrogens with one attached hydrogen (secondary N) is 2. The average Bonchev–Trinajstić information content (AvgIpc) is 3.24. The zero-order chi connectivity index (χ0) is 26.2. The number of carbonyl (C=O) groups is 2. The molecule has 0 aliphatic heterocycles. The van der Waals surface area contributed by atoms with Gasteiger partial charge in [0, 0.05) is 17.6 Å². The van der Waals surface area contributed by atoms with Gasteiger partial charge in [-0.15, -0.1) is 0 Å². The second kappa shape index (κ2) is 12.0. The van der Waals surface area contributed by atoms with E-state index in [4.69, 9.17) is 5.11 Å². The number of unbranched alkanes of at least 4 members (excludes halogenated alkanes) is 2. The molecule has 3 N–H and O–H groups in total. The number of hydrazone groups is 1. The van der Waals surface area contributed by atoms with Gasteiger partial charge in [0.05, 0.1) is 11.2 Å². The lowest BCUT2D eigenvalue weighted by atomic mass is 9.94. The second-order valence-electron chi connectivity index (χ2n) is 8.79. The van der Waals surface area contributed by atoms with Crippen LogP contribution in [-0.4, -0.2) is 44.5 Å². The van der Waals surface area contributed by atoms with E-state index < -0.39 is 17.7 Å². The molecule has 188 valence electrons. The van der Waals surface area contributed by atoms with Crippen molar-refractivity contribution in [2.24, 2.45) is 5.10 Å². The summed E-state index contributed by atoms with van der Waals surface area (Å²) in [7, 11) is 0. The molecule has 9 heteroatoms. The first-order valence-electron chi connectivity index (χ1n) is 12.1. The summed E-state index contributed by atoms with van der Waals surface area (Å²) in [4.78, 5) is 24.0. The van der Waals surface area contributed by atoms with Gasteiger partial charge in [0.1, 0.15) is 6.07 Å². The lowest BCUT2D eigenvalue weighted by Crippen LogP contribution is -2.40. The van der Waals surface area contributed by atoms with Crippen LogP contribution in [0.1, 0.15) is 61.1 Å². The topological polar surface area (TPSA) is 134 Å². The largest absolute Gasteiger partial charge is 0.465 e. The number of anilines is 1. The van der Waals surface area contributed by atoms with Crippen LogP contribution >= 0.6 is 0 Å². The van der Waals surface area contributed by atoms with E-state index in [1.807, 2.05) is 26.0 Å². The number of H-pyrrole nitrogens is 1. The fourth-order valence-corrected chi connectivity index (χ4v) is 4.24. The number of carboxylic acid groups (broad SMARTS) is 1. The minimum atomic E-state index is -1.43. The standard InChI is InChI=1S/C27H32N6O3/c1-5-7-8-9-23-22-15-19(10-11-24(22)31-30-23)14-21-17(3)12-20(13-18(21)4)29-32-25(16-28)26(34)33(6-2)27(35)36/h10-13,15,29H,5-9,14H2,1-4H3,(H,30,31)(H,35,36)/b32-25-. The van der Waals surface area contributed by atoms with Crippen LogP contribution in [-0.2, 0) is 17.6 Å². The maximum absolute atomic E-state index is 12.3. The van der Waals surface area contributed by atoms with Gasteiger partial charge in [-0.1, -0.05) is 25.8 Å². The summed E-state index contributed by atoms with van der Waals surface area (Å²) in [5.74, 6) is -0.964. The van der Waals surface area contributed by atoms with Crippen molar-refractivity contribution >= 4 is 34.3 Å². The number of benzene rings is 2. The van der Waals surface area contributed by atoms with Crippen LogP contribution in [0, 0.1) is 25.2 Å². The molecule has 36 heavy (non-hydrogen) atoms. The lowest BCUT2D eigenvalue weighted by molar-refractivity contribution is -0.121. The van der Waals surface area contributed by atoms with Gasteiger partial charge in [0.15, 0.2) is 0 Å². The van der Waals surface area contributed by atoms with Gasteiger partial charge in [0.2, 0.25) is 5.71 Å². The molecule has 0 atom stereocenters. The first kappa shape index (κ1) is 26.4. The van der Waals surface area contributed by atoms with Crippen molar-refractivity contribution < 1.29 is 14.7 Å². The second-order valence-corrected chi connectivity index (χ2v) is 8.79. The molecule has 0 spiro atoms. The van der Waals surface area contributed by atoms with Crippen LogP contribution in [0.25, 0.3) is 10.9 Å². The van der Waals surface area contributed by atoms with Crippen LogP contribution in [0.4, 0.5) is 10.5 Å². The zero-order valence-electron chi connectivity index (χ0n) is 21.2. The van der Waals surface area contributed by atoms with Crippen molar-refractivity contribution in [3.05, 3.63) is 58.3 Å². The Balaban J connectivity index is 1.80. The highest BCUT2D eigenvalue weighted by Gasteiger charge is 2.24. The van der Waals surface area contributed by atoms with E-state index in [1.165, 1.54) is 42.0 Å². The Morgan fingerprint density at radius 3 is 2.50 bits per heavy atom. The van der Waals surface area contributed by atoms with Gasteiger partial charge < -0.3 is 5.11 Å². The normalized spacial score (nSPS) is 11.4. The van der Waals surface area contributed by atoms with E-state index in [2.05, 4.69) is 45.8 Å². The molecular formula is C27H32N6O3. The van der Waals surface area contributed by atoms with Crippen LogP contribution in [0.5, 0.6) is 0 Å². The molecule has 1 aromatic heterocycles. The number of nitriles is 1. The molecule has 0 unspecified atom stereocenters. The van der Waals surface area contributed by atoms with Crippen molar-refractivity contribution in [2.45, 2.75) is 59.8 Å². The van der Waals surface area contributed by atoms with Crippen molar-refractivity contribution in [3.63, 3.8) is 0 Å². The van der Waals surface area contributed by atoms with E-state index in [0.29, 0.717) is 10.6 Å². The van der Waals surface area contributed by atoms with Gasteiger partial charge in [-0.25, -0.2) is 9.69 Å². The SMILES string of the molecule is CCCCCc1[nH]nc2ccc(Cc3c(C)cc(N/N=C(/C#N)C(=O)N(CC)C(=O)O)cc3C)cc12.